The van der Waals surface area contributed by atoms with Crippen LogP contribution in [0.25, 0.3) is 0 Å². The molecule has 0 saturated carbocycles. The van der Waals surface area contributed by atoms with Gasteiger partial charge in [0, 0.05) is 31.4 Å². The maximum Gasteiger partial charge on any atom is 0.123 e. The quantitative estimate of drug-likeness (QED) is 0.842. The first kappa shape index (κ1) is 16.0. The van der Waals surface area contributed by atoms with Gasteiger partial charge in [0.25, 0.3) is 0 Å². The molecule has 0 fully saturated rings. The Morgan fingerprint density at radius 2 is 1.79 bits per heavy atom. The van der Waals surface area contributed by atoms with Crippen molar-refractivity contribution in [2.45, 2.75) is 53.2 Å². The molecule has 1 rings (SSSR count). The molecule has 0 spiro atoms. The number of hydrogen-bond donors (Lipinski definition) is 1. The Kier molecular flexibility index (Phi) is 5.80. The van der Waals surface area contributed by atoms with Gasteiger partial charge in [-0.25, -0.2) is 4.39 Å². The lowest BCUT2D eigenvalue weighted by Crippen LogP contribution is -2.34. The van der Waals surface area contributed by atoms with E-state index in [9.17, 15) is 4.39 Å². The number of hydrogen-bond acceptors (Lipinski definition) is 2. The van der Waals surface area contributed by atoms with Gasteiger partial charge in [-0.15, -0.1) is 0 Å². The molecule has 1 aromatic rings. The molecule has 0 amide bonds. The lowest BCUT2D eigenvalue weighted by atomic mass is 10.0. The van der Waals surface area contributed by atoms with Gasteiger partial charge in [-0.3, -0.25) is 0 Å². The Morgan fingerprint density at radius 1 is 1.16 bits per heavy atom. The minimum Gasteiger partial charge on any atom is -0.371 e. The minimum atomic E-state index is -0.171. The lowest BCUT2D eigenvalue weighted by molar-refractivity contribution is 0.502. The van der Waals surface area contributed by atoms with Crippen LogP contribution in [-0.4, -0.2) is 19.1 Å². The van der Waals surface area contributed by atoms with Gasteiger partial charge in [0.05, 0.1) is 0 Å². The molecule has 0 heterocycles. The van der Waals surface area contributed by atoms with Crippen molar-refractivity contribution in [1.82, 2.24) is 5.32 Å². The van der Waals surface area contributed by atoms with Gasteiger partial charge in [-0.1, -0.05) is 27.7 Å². The average molecular weight is 266 g/mol. The topological polar surface area (TPSA) is 15.3 Å². The van der Waals surface area contributed by atoms with E-state index in [2.05, 4.69) is 51.9 Å². The Morgan fingerprint density at radius 3 is 2.32 bits per heavy atom. The SMILES string of the molecule is CC(C)NCc1cc(F)ccc1N(C)C(C)C(C)C. The van der Waals surface area contributed by atoms with Crippen LogP contribution in [0.1, 0.15) is 40.2 Å². The zero-order chi connectivity index (χ0) is 14.6. The van der Waals surface area contributed by atoms with Crippen LogP contribution in [0.2, 0.25) is 0 Å². The highest BCUT2D eigenvalue weighted by atomic mass is 19.1. The number of rotatable bonds is 6. The molecule has 0 saturated heterocycles. The molecular weight excluding hydrogens is 239 g/mol. The van der Waals surface area contributed by atoms with Crippen LogP contribution in [0.5, 0.6) is 0 Å². The fourth-order valence-electron chi connectivity index (χ4n) is 2.02. The van der Waals surface area contributed by atoms with Crippen LogP contribution in [0.3, 0.4) is 0 Å². The summed E-state index contributed by atoms with van der Waals surface area (Å²) in [5.74, 6) is 0.385. The molecule has 19 heavy (non-hydrogen) atoms. The molecule has 1 unspecified atom stereocenters. The van der Waals surface area contributed by atoms with Gasteiger partial charge in [0.15, 0.2) is 0 Å². The van der Waals surface area contributed by atoms with Crippen molar-refractivity contribution in [3.8, 4) is 0 Å². The predicted molar refractivity (Wildman–Crippen MR) is 81.1 cm³/mol. The van der Waals surface area contributed by atoms with Crippen molar-refractivity contribution >= 4 is 5.69 Å². The summed E-state index contributed by atoms with van der Waals surface area (Å²) in [5.41, 5.74) is 2.12. The number of nitrogens with zero attached hydrogens (tertiary/aromatic N) is 1. The fourth-order valence-corrected chi connectivity index (χ4v) is 2.02. The van der Waals surface area contributed by atoms with Gasteiger partial charge in [-0.05, 0) is 36.6 Å². The highest BCUT2D eigenvalue weighted by Gasteiger charge is 2.16. The third kappa shape index (κ3) is 4.50. The molecule has 0 aromatic heterocycles. The van der Waals surface area contributed by atoms with Crippen molar-refractivity contribution in [1.29, 1.82) is 0 Å². The third-order valence-corrected chi connectivity index (χ3v) is 3.70. The lowest BCUT2D eigenvalue weighted by Gasteiger charge is -2.32. The van der Waals surface area contributed by atoms with Crippen molar-refractivity contribution in [3.05, 3.63) is 29.6 Å². The summed E-state index contributed by atoms with van der Waals surface area (Å²) in [4.78, 5) is 2.24. The van der Waals surface area contributed by atoms with Gasteiger partial charge in [0.1, 0.15) is 5.82 Å². The Balaban J connectivity index is 2.98. The Labute approximate surface area is 117 Å². The molecule has 0 radical (unpaired) electrons. The number of benzene rings is 1. The van der Waals surface area contributed by atoms with Crippen molar-refractivity contribution in [3.63, 3.8) is 0 Å². The first-order valence-electron chi connectivity index (χ1n) is 7.07. The summed E-state index contributed by atoms with van der Waals surface area (Å²) in [5, 5.41) is 3.36. The van der Waals surface area contributed by atoms with E-state index < -0.39 is 0 Å². The highest BCUT2D eigenvalue weighted by Crippen LogP contribution is 2.24. The first-order chi connectivity index (χ1) is 8.82. The molecule has 1 atom stereocenters. The van der Waals surface area contributed by atoms with E-state index in [4.69, 9.17) is 0 Å². The fraction of sp³-hybridized carbons (Fsp3) is 0.625. The smallest absolute Gasteiger partial charge is 0.123 e. The molecule has 0 aliphatic carbocycles. The van der Waals surface area contributed by atoms with Crippen molar-refractivity contribution < 1.29 is 4.39 Å². The molecule has 0 aliphatic rings. The predicted octanol–water partition coefficient (Wildman–Crippen LogP) is 3.80. The zero-order valence-electron chi connectivity index (χ0n) is 13.0. The summed E-state index contributed by atoms with van der Waals surface area (Å²) in [6.45, 7) is 11.5. The molecular formula is C16H27FN2. The van der Waals surface area contributed by atoms with Crippen LogP contribution < -0.4 is 10.2 Å². The minimum absolute atomic E-state index is 0.171. The maximum atomic E-state index is 13.4. The highest BCUT2D eigenvalue weighted by molar-refractivity contribution is 5.54. The Hall–Kier alpha value is -1.09. The number of nitrogens with one attached hydrogen (secondary N) is 1. The second kappa shape index (κ2) is 6.90. The molecule has 0 bridgehead atoms. The van der Waals surface area contributed by atoms with Crippen LogP contribution in [0.15, 0.2) is 18.2 Å². The monoisotopic (exact) mass is 266 g/mol. The summed E-state index contributed by atoms with van der Waals surface area (Å²) >= 11 is 0. The maximum absolute atomic E-state index is 13.4. The van der Waals surface area contributed by atoms with E-state index in [0.29, 0.717) is 24.5 Å². The third-order valence-electron chi connectivity index (χ3n) is 3.70. The van der Waals surface area contributed by atoms with Crippen molar-refractivity contribution in [2.75, 3.05) is 11.9 Å². The molecule has 2 nitrogen and oxygen atoms in total. The molecule has 108 valence electrons. The van der Waals surface area contributed by atoms with E-state index in [0.717, 1.165) is 11.3 Å². The van der Waals surface area contributed by atoms with Gasteiger partial charge in [0.2, 0.25) is 0 Å². The normalized spacial score (nSPS) is 13.1. The van der Waals surface area contributed by atoms with Crippen LogP contribution >= 0.6 is 0 Å². The van der Waals surface area contributed by atoms with Crippen LogP contribution in [0, 0.1) is 11.7 Å². The summed E-state index contributed by atoms with van der Waals surface area (Å²) in [7, 11) is 2.08. The van der Waals surface area contributed by atoms with E-state index in [1.165, 1.54) is 6.07 Å². The number of halogens is 1. The van der Waals surface area contributed by atoms with E-state index >= 15 is 0 Å². The van der Waals surface area contributed by atoms with Gasteiger partial charge >= 0.3 is 0 Å². The van der Waals surface area contributed by atoms with Crippen LogP contribution in [-0.2, 0) is 6.54 Å². The molecule has 0 aliphatic heterocycles. The standard InChI is InChI=1S/C16H27FN2/c1-11(2)13(5)19(6)16-8-7-15(17)9-14(16)10-18-12(3)4/h7-9,11-13,18H,10H2,1-6H3. The number of anilines is 1. The van der Waals surface area contributed by atoms with Crippen LogP contribution in [0.4, 0.5) is 10.1 Å². The van der Waals surface area contributed by atoms with E-state index in [-0.39, 0.29) is 5.82 Å². The van der Waals surface area contributed by atoms with Crippen molar-refractivity contribution in [2.24, 2.45) is 5.92 Å². The second-order valence-corrected chi connectivity index (χ2v) is 5.90. The Bertz CT molecular complexity index is 402. The van der Waals surface area contributed by atoms with Gasteiger partial charge < -0.3 is 10.2 Å². The molecule has 1 N–H and O–H groups in total. The van der Waals surface area contributed by atoms with Gasteiger partial charge in [-0.2, -0.15) is 0 Å². The average Bonchev–Trinajstić information content (AvgIpc) is 2.34. The summed E-state index contributed by atoms with van der Waals surface area (Å²) in [6.07, 6.45) is 0. The van der Waals surface area contributed by atoms with E-state index in [1.54, 1.807) is 6.07 Å². The first-order valence-corrected chi connectivity index (χ1v) is 7.07. The second-order valence-electron chi connectivity index (χ2n) is 5.90. The summed E-state index contributed by atoms with van der Waals surface area (Å²) < 4.78 is 13.4. The summed E-state index contributed by atoms with van der Waals surface area (Å²) in [6, 6.07) is 5.87. The molecule has 1 aromatic carbocycles. The zero-order valence-corrected chi connectivity index (χ0v) is 13.0. The largest absolute Gasteiger partial charge is 0.371 e. The van der Waals surface area contributed by atoms with E-state index in [1.807, 2.05) is 6.07 Å². The molecule has 3 heteroatoms.